The summed E-state index contributed by atoms with van der Waals surface area (Å²) in [5.41, 5.74) is 0.676. The van der Waals surface area contributed by atoms with Crippen molar-refractivity contribution in [1.29, 1.82) is 0 Å². The number of nitrogens with one attached hydrogen (secondary N) is 1. The maximum atomic E-state index is 13.8. The van der Waals surface area contributed by atoms with Crippen LogP contribution in [-0.2, 0) is 6.54 Å². The van der Waals surface area contributed by atoms with Gasteiger partial charge in [-0.25, -0.2) is 9.18 Å². The summed E-state index contributed by atoms with van der Waals surface area (Å²) >= 11 is 0. The van der Waals surface area contributed by atoms with Gasteiger partial charge in [0.05, 0.1) is 13.4 Å². The van der Waals surface area contributed by atoms with E-state index >= 15 is 0 Å². The number of rotatable bonds is 5. The zero-order valence-electron chi connectivity index (χ0n) is 16.0. The minimum absolute atomic E-state index is 0.0109. The molecule has 0 bridgehead atoms. The summed E-state index contributed by atoms with van der Waals surface area (Å²) < 4.78 is 23.8. The number of halogens is 1. The minimum Gasteiger partial charge on any atom is -0.494 e. The van der Waals surface area contributed by atoms with Gasteiger partial charge in [0.2, 0.25) is 0 Å². The lowest BCUT2D eigenvalue weighted by molar-refractivity contribution is 0.0674. The number of benzene rings is 1. The fourth-order valence-electron chi connectivity index (χ4n) is 3.22. The Hall–Kier alpha value is -3.03. The molecule has 0 spiro atoms. The molecule has 3 rings (SSSR count). The molecule has 7 nitrogen and oxygen atoms in total. The van der Waals surface area contributed by atoms with Gasteiger partial charge in [-0.15, -0.1) is 0 Å². The maximum absolute atomic E-state index is 13.8. The Morgan fingerprint density at radius 3 is 2.68 bits per heavy atom. The topological polar surface area (TPSA) is 75.0 Å². The third kappa shape index (κ3) is 4.62. The Balaban J connectivity index is 1.47. The summed E-state index contributed by atoms with van der Waals surface area (Å²) in [6.45, 7) is 1.39. The van der Waals surface area contributed by atoms with Crippen LogP contribution in [0, 0.1) is 5.82 Å². The highest BCUT2D eigenvalue weighted by atomic mass is 19.1. The van der Waals surface area contributed by atoms with Crippen LogP contribution in [0.4, 0.5) is 9.18 Å². The molecule has 2 heterocycles. The molecule has 0 atom stereocenters. The second kappa shape index (κ2) is 8.77. The molecule has 1 saturated heterocycles. The summed E-state index contributed by atoms with van der Waals surface area (Å²) in [6, 6.07) is 7.72. The van der Waals surface area contributed by atoms with E-state index in [0.29, 0.717) is 37.3 Å². The second-order valence-electron chi connectivity index (χ2n) is 6.82. The molecule has 1 aromatic heterocycles. The van der Waals surface area contributed by atoms with Crippen molar-refractivity contribution in [2.75, 3.05) is 27.2 Å². The summed E-state index contributed by atoms with van der Waals surface area (Å²) in [5, 5.41) is 2.98. The lowest BCUT2D eigenvalue weighted by Gasteiger charge is -2.32. The SMILES string of the molecule is COc1ccc(CN(C)C(=O)NC2CCN(C(=O)c3ccco3)CC2)cc1F. The van der Waals surface area contributed by atoms with E-state index in [-0.39, 0.29) is 30.3 Å². The van der Waals surface area contributed by atoms with E-state index in [4.69, 9.17) is 9.15 Å². The smallest absolute Gasteiger partial charge is 0.317 e. The van der Waals surface area contributed by atoms with E-state index in [9.17, 15) is 14.0 Å². The molecule has 1 aliphatic heterocycles. The summed E-state index contributed by atoms with van der Waals surface area (Å²) in [4.78, 5) is 27.9. The number of nitrogens with zero attached hydrogens (tertiary/aromatic N) is 2. The van der Waals surface area contributed by atoms with Crippen LogP contribution in [0.3, 0.4) is 0 Å². The molecule has 0 radical (unpaired) electrons. The van der Waals surface area contributed by atoms with Crippen LogP contribution >= 0.6 is 0 Å². The van der Waals surface area contributed by atoms with Crippen LogP contribution in [0.15, 0.2) is 41.0 Å². The van der Waals surface area contributed by atoms with Crippen molar-refractivity contribution in [2.24, 2.45) is 0 Å². The highest BCUT2D eigenvalue weighted by molar-refractivity contribution is 5.91. The Morgan fingerprint density at radius 1 is 1.32 bits per heavy atom. The molecule has 28 heavy (non-hydrogen) atoms. The average molecular weight is 389 g/mol. The van der Waals surface area contributed by atoms with Gasteiger partial charge in [0.15, 0.2) is 17.3 Å². The zero-order valence-corrected chi connectivity index (χ0v) is 16.0. The molecule has 1 fully saturated rings. The predicted octanol–water partition coefficient (Wildman–Crippen LogP) is 2.87. The Bertz CT molecular complexity index is 817. The van der Waals surface area contributed by atoms with Crippen LogP contribution in [0.2, 0.25) is 0 Å². The number of furan rings is 1. The normalized spacial score (nSPS) is 14.6. The molecule has 0 aliphatic carbocycles. The first-order chi connectivity index (χ1) is 13.5. The lowest BCUT2D eigenvalue weighted by Crippen LogP contribution is -2.49. The standard InChI is InChI=1S/C20H24FN3O4/c1-23(13-14-5-6-17(27-2)16(21)12-14)20(26)22-15-7-9-24(10-8-15)19(25)18-4-3-11-28-18/h3-6,11-12,15H,7-10,13H2,1-2H3,(H,22,26). The molecule has 8 heteroatoms. The van der Waals surface area contributed by atoms with Gasteiger partial charge in [-0.3, -0.25) is 4.79 Å². The van der Waals surface area contributed by atoms with Crippen molar-refractivity contribution in [1.82, 2.24) is 15.1 Å². The number of ether oxygens (including phenoxy) is 1. The second-order valence-corrected chi connectivity index (χ2v) is 6.82. The Labute approximate surface area is 163 Å². The summed E-state index contributed by atoms with van der Waals surface area (Å²) in [7, 11) is 3.07. The van der Waals surface area contributed by atoms with Gasteiger partial charge in [-0.2, -0.15) is 0 Å². The van der Waals surface area contributed by atoms with Crippen LogP contribution in [0.5, 0.6) is 5.75 Å². The molecule has 1 aromatic carbocycles. The van der Waals surface area contributed by atoms with Gasteiger partial charge in [0, 0.05) is 32.7 Å². The van der Waals surface area contributed by atoms with E-state index in [1.807, 2.05) is 0 Å². The summed E-state index contributed by atoms with van der Waals surface area (Å²) in [5.74, 6) is -0.0866. The number of carbonyl (C=O) groups excluding carboxylic acids is 2. The van der Waals surface area contributed by atoms with Crippen LogP contribution in [-0.4, -0.2) is 55.0 Å². The van der Waals surface area contributed by atoms with Crippen molar-refractivity contribution >= 4 is 11.9 Å². The first-order valence-electron chi connectivity index (χ1n) is 9.14. The third-order valence-electron chi connectivity index (χ3n) is 4.82. The average Bonchev–Trinajstić information content (AvgIpc) is 3.23. The molecule has 1 aliphatic rings. The zero-order chi connectivity index (χ0) is 20.1. The first-order valence-corrected chi connectivity index (χ1v) is 9.14. The van der Waals surface area contributed by atoms with E-state index in [1.165, 1.54) is 24.3 Å². The number of amides is 3. The maximum Gasteiger partial charge on any atom is 0.317 e. The van der Waals surface area contributed by atoms with Gasteiger partial charge in [0.25, 0.3) is 5.91 Å². The molecule has 2 aromatic rings. The minimum atomic E-state index is -0.456. The fraction of sp³-hybridized carbons (Fsp3) is 0.400. The highest BCUT2D eigenvalue weighted by Gasteiger charge is 2.26. The van der Waals surface area contributed by atoms with Crippen LogP contribution in [0.1, 0.15) is 29.0 Å². The fourth-order valence-corrected chi connectivity index (χ4v) is 3.22. The van der Waals surface area contributed by atoms with Crippen molar-refractivity contribution in [3.8, 4) is 5.75 Å². The van der Waals surface area contributed by atoms with E-state index in [0.717, 1.165) is 0 Å². The van der Waals surface area contributed by atoms with Gasteiger partial charge < -0.3 is 24.3 Å². The molecular weight excluding hydrogens is 365 g/mol. The van der Waals surface area contributed by atoms with Gasteiger partial charge in [-0.05, 0) is 42.7 Å². The molecule has 1 N–H and O–H groups in total. The molecule has 150 valence electrons. The van der Waals surface area contributed by atoms with Crippen molar-refractivity contribution in [2.45, 2.75) is 25.4 Å². The number of carbonyl (C=O) groups is 2. The van der Waals surface area contributed by atoms with Gasteiger partial charge >= 0.3 is 6.03 Å². The summed E-state index contributed by atoms with van der Waals surface area (Å²) in [6.07, 6.45) is 2.82. The van der Waals surface area contributed by atoms with Crippen molar-refractivity contribution in [3.05, 3.63) is 53.7 Å². The van der Waals surface area contributed by atoms with Crippen molar-refractivity contribution < 1.29 is 23.1 Å². The van der Waals surface area contributed by atoms with Gasteiger partial charge in [0.1, 0.15) is 0 Å². The Morgan fingerprint density at radius 2 is 2.07 bits per heavy atom. The van der Waals surface area contributed by atoms with E-state index in [1.54, 1.807) is 36.2 Å². The number of hydrogen-bond acceptors (Lipinski definition) is 4. The van der Waals surface area contributed by atoms with Gasteiger partial charge in [-0.1, -0.05) is 6.07 Å². The number of hydrogen-bond donors (Lipinski definition) is 1. The monoisotopic (exact) mass is 389 g/mol. The predicted molar refractivity (Wildman–Crippen MR) is 101 cm³/mol. The Kier molecular flexibility index (Phi) is 6.18. The number of piperidine rings is 1. The highest BCUT2D eigenvalue weighted by Crippen LogP contribution is 2.19. The van der Waals surface area contributed by atoms with Crippen LogP contribution < -0.4 is 10.1 Å². The molecule has 0 saturated carbocycles. The number of urea groups is 1. The quantitative estimate of drug-likeness (QED) is 0.853. The lowest BCUT2D eigenvalue weighted by atomic mass is 10.0. The molecule has 3 amide bonds. The van der Waals surface area contributed by atoms with E-state index in [2.05, 4.69) is 5.32 Å². The molecular formula is C20H24FN3O4. The number of methoxy groups -OCH3 is 1. The first kappa shape index (κ1) is 19.7. The molecule has 0 unspecified atom stereocenters. The largest absolute Gasteiger partial charge is 0.494 e. The third-order valence-corrected chi connectivity index (χ3v) is 4.82. The van der Waals surface area contributed by atoms with Crippen molar-refractivity contribution in [3.63, 3.8) is 0 Å². The number of likely N-dealkylation sites (tertiary alicyclic amines) is 1. The van der Waals surface area contributed by atoms with Crippen LogP contribution in [0.25, 0.3) is 0 Å². The van der Waals surface area contributed by atoms with E-state index < -0.39 is 5.82 Å².